The number of halogens is 1. The summed E-state index contributed by atoms with van der Waals surface area (Å²) in [6.45, 7) is 1.25. The van der Waals surface area contributed by atoms with Crippen LogP contribution in [0, 0.1) is 0 Å². The Morgan fingerprint density at radius 2 is 1.90 bits per heavy atom. The van der Waals surface area contributed by atoms with Gasteiger partial charge in [-0.3, -0.25) is 4.90 Å². The van der Waals surface area contributed by atoms with Gasteiger partial charge in [-0.2, -0.15) is 0 Å². The largest absolute Gasteiger partial charge is 0.324 e. The van der Waals surface area contributed by atoms with Crippen molar-refractivity contribution in [3.05, 3.63) is 64.7 Å². The highest BCUT2D eigenvalue weighted by molar-refractivity contribution is 6.31. The average molecular weight is 301 g/mol. The van der Waals surface area contributed by atoms with Crippen LogP contribution >= 0.6 is 11.6 Å². The summed E-state index contributed by atoms with van der Waals surface area (Å²) >= 11 is 6.16. The summed E-state index contributed by atoms with van der Waals surface area (Å²) in [5.74, 6) is 0. The predicted octanol–water partition coefficient (Wildman–Crippen LogP) is 3.95. The minimum atomic E-state index is 0.0138. The summed E-state index contributed by atoms with van der Waals surface area (Å²) in [5.41, 5.74) is 3.22. The zero-order chi connectivity index (χ0) is 14.8. The van der Waals surface area contributed by atoms with Gasteiger partial charge in [0, 0.05) is 30.8 Å². The Labute approximate surface area is 129 Å². The lowest BCUT2D eigenvalue weighted by molar-refractivity contribution is 0.214. The second-order valence-electron chi connectivity index (χ2n) is 5.26. The lowest BCUT2D eigenvalue weighted by atomic mass is 10.2. The van der Waals surface area contributed by atoms with E-state index in [0.717, 1.165) is 24.2 Å². The van der Waals surface area contributed by atoms with Crippen LogP contribution in [0.25, 0.3) is 0 Å². The third kappa shape index (κ3) is 2.74. The van der Waals surface area contributed by atoms with E-state index in [2.05, 4.69) is 6.07 Å². The molecule has 0 fully saturated rings. The molecule has 4 heteroatoms. The maximum Gasteiger partial charge on any atom is 0.324 e. The second-order valence-corrected chi connectivity index (χ2v) is 5.67. The molecule has 0 saturated heterocycles. The van der Waals surface area contributed by atoms with Gasteiger partial charge in [-0.05, 0) is 29.7 Å². The molecule has 0 atom stereocenters. The Kier molecular flexibility index (Phi) is 3.84. The minimum Gasteiger partial charge on any atom is -0.323 e. The number of benzene rings is 2. The molecule has 0 radical (unpaired) electrons. The van der Waals surface area contributed by atoms with Crippen molar-refractivity contribution in [2.45, 2.75) is 13.0 Å². The zero-order valence-electron chi connectivity index (χ0n) is 11.9. The van der Waals surface area contributed by atoms with Crippen LogP contribution in [0.5, 0.6) is 0 Å². The summed E-state index contributed by atoms with van der Waals surface area (Å²) in [6.07, 6.45) is 0.918. The molecule has 3 rings (SSSR count). The molecule has 0 bridgehead atoms. The number of fused-ring (bicyclic) bond motifs is 1. The van der Waals surface area contributed by atoms with Crippen LogP contribution in [-0.2, 0) is 13.0 Å². The van der Waals surface area contributed by atoms with Crippen molar-refractivity contribution in [3.63, 3.8) is 0 Å². The van der Waals surface area contributed by atoms with Gasteiger partial charge in [0.05, 0.1) is 0 Å². The standard InChI is InChI=1S/C17H17ClN2O/c1-19(12-14-7-2-4-8-15(14)18)17(21)20-11-10-13-6-3-5-9-16(13)20/h2-9H,10-12H2,1H3. The number of amides is 2. The number of hydrogen-bond donors (Lipinski definition) is 0. The SMILES string of the molecule is CN(Cc1ccccc1Cl)C(=O)N1CCc2ccccc21. The maximum atomic E-state index is 12.6. The molecule has 2 aromatic rings. The first-order valence-corrected chi connectivity index (χ1v) is 7.38. The maximum absolute atomic E-state index is 12.6. The van der Waals surface area contributed by atoms with Gasteiger partial charge in [-0.1, -0.05) is 48.0 Å². The number of urea groups is 1. The first-order valence-electron chi connectivity index (χ1n) is 7.01. The lowest BCUT2D eigenvalue weighted by Crippen LogP contribution is -2.39. The molecule has 2 amide bonds. The molecule has 2 aromatic carbocycles. The lowest BCUT2D eigenvalue weighted by Gasteiger charge is -2.25. The van der Waals surface area contributed by atoms with Gasteiger partial charge in [0.1, 0.15) is 0 Å². The molecule has 1 aliphatic heterocycles. The summed E-state index contributed by atoms with van der Waals surface area (Å²) in [7, 11) is 1.81. The normalized spacial score (nSPS) is 13.1. The topological polar surface area (TPSA) is 23.6 Å². The van der Waals surface area contributed by atoms with E-state index in [1.54, 1.807) is 4.90 Å². The smallest absolute Gasteiger partial charge is 0.323 e. The van der Waals surface area contributed by atoms with Crippen LogP contribution in [-0.4, -0.2) is 24.5 Å². The highest BCUT2D eigenvalue weighted by Gasteiger charge is 2.26. The molecule has 0 aromatic heterocycles. The average Bonchev–Trinajstić information content (AvgIpc) is 2.92. The minimum absolute atomic E-state index is 0.0138. The fourth-order valence-corrected chi connectivity index (χ4v) is 2.89. The van der Waals surface area contributed by atoms with Crippen molar-refractivity contribution >= 4 is 23.3 Å². The summed E-state index contributed by atoms with van der Waals surface area (Å²) < 4.78 is 0. The van der Waals surface area contributed by atoms with Crippen molar-refractivity contribution in [1.82, 2.24) is 4.90 Å². The van der Waals surface area contributed by atoms with Gasteiger partial charge >= 0.3 is 6.03 Å². The Hall–Kier alpha value is -2.00. The van der Waals surface area contributed by atoms with E-state index in [4.69, 9.17) is 11.6 Å². The molecular formula is C17H17ClN2O. The number of para-hydroxylation sites is 1. The van der Waals surface area contributed by atoms with Gasteiger partial charge < -0.3 is 4.90 Å². The predicted molar refractivity (Wildman–Crippen MR) is 85.8 cm³/mol. The van der Waals surface area contributed by atoms with Crippen molar-refractivity contribution in [1.29, 1.82) is 0 Å². The molecule has 0 spiro atoms. The highest BCUT2D eigenvalue weighted by atomic mass is 35.5. The van der Waals surface area contributed by atoms with Crippen molar-refractivity contribution in [2.75, 3.05) is 18.5 Å². The Balaban J connectivity index is 1.76. The van der Waals surface area contributed by atoms with Gasteiger partial charge in [0.2, 0.25) is 0 Å². The molecule has 21 heavy (non-hydrogen) atoms. The zero-order valence-corrected chi connectivity index (χ0v) is 12.7. The monoisotopic (exact) mass is 300 g/mol. The molecule has 0 unspecified atom stereocenters. The van der Waals surface area contributed by atoms with Gasteiger partial charge in [0.25, 0.3) is 0 Å². The number of carbonyl (C=O) groups is 1. The van der Waals surface area contributed by atoms with Crippen LogP contribution in [0.2, 0.25) is 5.02 Å². The van der Waals surface area contributed by atoms with Crippen molar-refractivity contribution < 1.29 is 4.79 Å². The van der Waals surface area contributed by atoms with E-state index in [-0.39, 0.29) is 6.03 Å². The molecular weight excluding hydrogens is 284 g/mol. The van der Waals surface area contributed by atoms with Crippen LogP contribution in [0.3, 0.4) is 0 Å². The van der Waals surface area contributed by atoms with E-state index < -0.39 is 0 Å². The molecule has 0 aliphatic carbocycles. The van der Waals surface area contributed by atoms with E-state index in [0.29, 0.717) is 11.6 Å². The number of anilines is 1. The summed E-state index contributed by atoms with van der Waals surface area (Å²) in [4.78, 5) is 16.2. The van der Waals surface area contributed by atoms with E-state index >= 15 is 0 Å². The van der Waals surface area contributed by atoms with Crippen LogP contribution in [0.1, 0.15) is 11.1 Å². The van der Waals surface area contributed by atoms with Crippen LogP contribution < -0.4 is 4.90 Å². The molecule has 108 valence electrons. The van der Waals surface area contributed by atoms with Crippen molar-refractivity contribution in [2.24, 2.45) is 0 Å². The summed E-state index contributed by atoms with van der Waals surface area (Å²) in [5, 5.41) is 0.693. The summed E-state index contributed by atoms with van der Waals surface area (Å²) in [6, 6.07) is 15.7. The molecule has 0 N–H and O–H groups in total. The Morgan fingerprint density at radius 3 is 2.71 bits per heavy atom. The van der Waals surface area contributed by atoms with Crippen LogP contribution in [0.4, 0.5) is 10.5 Å². The van der Waals surface area contributed by atoms with Gasteiger partial charge in [-0.15, -0.1) is 0 Å². The number of carbonyl (C=O) groups excluding carboxylic acids is 1. The fourth-order valence-electron chi connectivity index (χ4n) is 2.69. The molecule has 1 aliphatic rings. The van der Waals surface area contributed by atoms with E-state index in [9.17, 15) is 4.79 Å². The van der Waals surface area contributed by atoms with E-state index in [1.807, 2.05) is 54.4 Å². The van der Waals surface area contributed by atoms with E-state index in [1.165, 1.54) is 5.56 Å². The first-order chi connectivity index (χ1) is 10.2. The Morgan fingerprint density at radius 1 is 1.19 bits per heavy atom. The Bertz CT molecular complexity index is 671. The van der Waals surface area contributed by atoms with Gasteiger partial charge in [0.15, 0.2) is 0 Å². The quantitative estimate of drug-likeness (QED) is 0.823. The van der Waals surface area contributed by atoms with Gasteiger partial charge in [-0.25, -0.2) is 4.79 Å². The number of nitrogens with zero attached hydrogens (tertiary/aromatic N) is 2. The number of hydrogen-bond acceptors (Lipinski definition) is 1. The third-order valence-corrected chi connectivity index (χ3v) is 4.18. The molecule has 0 saturated carbocycles. The first kappa shape index (κ1) is 14.0. The van der Waals surface area contributed by atoms with Crippen molar-refractivity contribution in [3.8, 4) is 0 Å². The molecule has 3 nitrogen and oxygen atoms in total. The third-order valence-electron chi connectivity index (χ3n) is 3.81. The second kappa shape index (κ2) is 5.78. The van der Waals surface area contributed by atoms with Crippen LogP contribution in [0.15, 0.2) is 48.5 Å². The number of rotatable bonds is 2. The highest BCUT2D eigenvalue weighted by Crippen LogP contribution is 2.28. The fraction of sp³-hybridized carbons (Fsp3) is 0.235. The molecule has 1 heterocycles.